The predicted octanol–water partition coefficient (Wildman–Crippen LogP) is 0.140. The van der Waals surface area contributed by atoms with Crippen LogP contribution in [0.1, 0.15) is 54.4 Å². The molecule has 8 heteroatoms. The maximum Gasteiger partial charge on any atom is 1.00 e. The number of fused-ring (bicyclic) bond motifs is 2. The Morgan fingerprint density at radius 1 is 1.00 bits per heavy atom. The molecule has 0 aromatic heterocycles. The summed E-state index contributed by atoms with van der Waals surface area (Å²) < 4.78 is 28.6. The van der Waals surface area contributed by atoms with Crippen LogP contribution in [-0.2, 0) is 35.7 Å². The van der Waals surface area contributed by atoms with Gasteiger partial charge in [0.1, 0.15) is 0 Å². The van der Waals surface area contributed by atoms with Crippen molar-refractivity contribution in [3.63, 3.8) is 0 Å². The molecule has 0 atom stereocenters. The molecular formula is C20H26KN3O3S. The molecule has 1 heterocycles. The van der Waals surface area contributed by atoms with E-state index in [0.717, 1.165) is 57.1 Å². The van der Waals surface area contributed by atoms with Crippen LogP contribution >= 0.6 is 0 Å². The molecule has 1 N–H and O–H groups in total. The van der Waals surface area contributed by atoms with Crippen molar-refractivity contribution in [3.05, 3.63) is 33.0 Å². The van der Waals surface area contributed by atoms with Gasteiger partial charge >= 0.3 is 51.4 Å². The van der Waals surface area contributed by atoms with Crippen molar-refractivity contribution in [1.29, 1.82) is 0 Å². The number of carbonyl (C=O) groups excluding carboxylic acids is 1. The van der Waals surface area contributed by atoms with E-state index in [4.69, 9.17) is 0 Å². The van der Waals surface area contributed by atoms with E-state index in [0.29, 0.717) is 19.1 Å². The number of nitrogens with zero attached hydrogens (tertiary/aromatic N) is 2. The zero-order chi connectivity index (χ0) is 18.6. The fourth-order valence-electron chi connectivity index (χ4n) is 5.00. The number of hydrogen-bond acceptors (Lipinski definition) is 4. The van der Waals surface area contributed by atoms with Crippen LogP contribution in [0.3, 0.4) is 0 Å². The number of amides is 2. The Balaban J connectivity index is 0.00000192. The summed E-state index contributed by atoms with van der Waals surface area (Å²) in [4.78, 5) is 14.7. The standard InChI is InChI=1S/C20H27N3O3S.K/c24-20(22-27(25,26)16-11-23(12-16)15-6-3-7-15)21-19-17-8-1-4-13(17)10-14-5-2-9-18(14)19;/h10,15-16H,1-9,11-12H2,(H2,21,22,24);/q;+1/p-1. The molecule has 1 aromatic carbocycles. The molecule has 6 nitrogen and oxygen atoms in total. The number of rotatable bonds is 4. The second-order valence-electron chi connectivity index (χ2n) is 8.43. The first-order valence-corrected chi connectivity index (χ1v) is 11.7. The minimum absolute atomic E-state index is 0. The van der Waals surface area contributed by atoms with Crippen molar-refractivity contribution < 1.29 is 64.6 Å². The molecule has 0 spiro atoms. The Kier molecular flexibility index (Phi) is 6.29. The van der Waals surface area contributed by atoms with E-state index in [9.17, 15) is 13.2 Å². The van der Waals surface area contributed by atoms with Crippen molar-refractivity contribution in [2.24, 2.45) is 0 Å². The molecule has 4 aliphatic rings. The first kappa shape index (κ1) is 21.3. The Bertz CT molecular complexity index is 860. The quantitative estimate of drug-likeness (QED) is 0.693. The average molecular weight is 428 g/mol. The summed E-state index contributed by atoms with van der Waals surface area (Å²) in [5.74, 6) is 0. The van der Waals surface area contributed by atoms with Crippen LogP contribution in [-0.4, -0.2) is 43.7 Å². The zero-order valence-corrected chi connectivity index (χ0v) is 20.5. The molecule has 1 saturated carbocycles. The van der Waals surface area contributed by atoms with E-state index in [-0.39, 0.29) is 51.4 Å². The molecule has 2 amide bonds. The smallest absolute Gasteiger partial charge is 0.423 e. The SMILES string of the molecule is O=C([N-]S(=O)(=O)C1CN(C2CCC2)C1)Nc1c2c(cc3c1CCC3)CCC2.[K+]. The van der Waals surface area contributed by atoms with Gasteiger partial charge in [0.15, 0.2) is 16.1 Å². The van der Waals surface area contributed by atoms with Gasteiger partial charge < -0.3 is 10.0 Å². The van der Waals surface area contributed by atoms with Crippen LogP contribution in [0.15, 0.2) is 6.07 Å². The number of aryl methyl sites for hydroxylation is 2. The van der Waals surface area contributed by atoms with Gasteiger partial charge in [-0.15, -0.1) is 0 Å². The third kappa shape index (κ3) is 3.86. The molecule has 0 bridgehead atoms. The molecule has 2 fully saturated rings. The number of anilines is 1. The second-order valence-corrected chi connectivity index (χ2v) is 10.3. The van der Waals surface area contributed by atoms with Gasteiger partial charge in [-0.2, -0.15) is 0 Å². The summed E-state index contributed by atoms with van der Waals surface area (Å²) in [6.07, 6.45) is 9.72. The topological polar surface area (TPSA) is 80.6 Å². The number of likely N-dealkylation sites (tertiary alicyclic amines) is 1. The van der Waals surface area contributed by atoms with E-state index < -0.39 is 21.3 Å². The molecule has 1 aromatic rings. The second kappa shape index (κ2) is 8.28. The van der Waals surface area contributed by atoms with Gasteiger partial charge in [-0.25, -0.2) is 8.42 Å². The number of sulfonamides is 1. The summed E-state index contributed by atoms with van der Waals surface area (Å²) in [5.41, 5.74) is 5.85. The molecule has 0 radical (unpaired) electrons. The maximum atomic E-state index is 12.5. The summed E-state index contributed by atoms with van der Waals surface area (Å²) in [6, 6.07) is 2.10. The summed E-state index contributed by atoms with van der Waals surface area (Å²) in [6.45, 7) is 1.03. The third-order valence-corrected chi connectivity index (χ3v) is 8.36. The number of urea groups is 1. The molecule has 0 unspecified atom stereocenters. The Morgan fingerprint density at radius 3 is 2.14 bits per heavy atom. The molecular weight excluding hydrogens is 401 g/mol. The van der Waals surface area contributed by atoms with E-state index >= 15 is 0 Å². The van der Waals surface area contributed by atoms with Gasteiger partial charge in [0, 0.05) is 19.1 Å². The summed E-state index contributed by atoms with van der Waals surface area (Å²) >= 11 is 0. The Hall–Kier alpha value is 0.0364. The number of carbonyl (C=O) groups is 1. The van der Waals surface area contributed by atoms with Crippen LogP contribution in [0.4, 0.5) is 10.5 Å². The minimum atomic E-state index is -3.75. The molecule has 28 heavy (non-hydrogen) atoms. The first-order valence-electron chi connectivity index (χ1n) is 10.2. The van der Waals surface area contributed by atoms with Crippen molar-refractivity contribution in [2.75, 3.05) is 18.4 Å². The normalized spacial score (nSPS) is 21.9. The zero-order valence-electron chi connectivity index (χ0n) is 16.5. The monoisotopic (exact) mass is 427 g/mol. The van der Waals surface area contributed by atoms with E-state index in [2.05, 4.69) is 21.0 Å². The van der Waals surface area contributed by atoms with Crippen LogP contribution in [0, 0.1) is 0 Å². The van der Waals surface area contributed by atoms with Gasteiger partial charge in [-0.3, -0.25) is 9.69 Å². The maximum absolute atomic E-state index is 12.5. The number of hydrogen-bond donors (Lipinski definition) is 1. The van der Waals surface area contributed by atoms with Crippen molar-refractivity contribution in [3.8, 4) is 0 Å². The van der Waals surface area contributed by atoms with Crippen molar-refractivity contribution in [2.45, 2.75) is 69.1 Å². The fraction of sp³-hybridized carbons (Fsp3) is 0.650. The van der Waals surface area contributed by atoms with Gasteiger partial charge in [0.25, 0.3) is 0 Å². The Labute approximate surface area is 209 Å². The number of benzene rings is 1. The largest absolute Gasteiger partial charge is 1.00 e. The summed E-state index contributed by atoms with van der Waals surface area (Å²) in [7, 11) is -3.75. The van der Waals surface area contributed by atoms with Crippen LogP contribution < -0.4 is 56.7 Å². The minimum Gasteiger partial charge on any atom is -0.423 e. The fourth-order valence-corrected chi connectivity index (χ4v) is 6.18. The summed E-state index contributed by atoms with van der Waals surface area (Å²) in [5, 5.41) is 2.33. The predicted molar refractivity (Wildman–Crippen MR) is 105 cm³/mol. The van der Waals surface area contributed by atoms with E-state index in [1.165, 1.54) is 28.7 Å². The van der Waals surface area contributed by atoms with Crippen molar-refractivity contribution in [1.82, 2.24) is 4.90 Å². The molecule has 5 rings (SSSR count). The van der Waals surface area contributed by atoms with Gasteiger partial charge in [0.05, 0.1) is 5.25 Å². The van der Waals surface area contributed by atoms with Gasteiger partial charge in [0.2, 0.25) is 0 Å². The van der Waals surface area contributed by atoms with Crippen LogP contribution in [0.5, 0.6) is 0 Å². The van der Waals surface area contributed by atoms with Crippen molar-refractivity contribution >= 4 is 21.7 Å². The van der Waals surface area contributed by atoms with E-state index in [1.807, 2.05) is 0 Å². The molecule has 1 aliphatic heterocycles. The molecule has 1 saturated heterocycles. The average Bonchev–Trinajstić information content (AvgIpc) is 3.15. The molecule has 3 aliphatic carbocycles. The van der Waals surface area contributed by atoms with Crippen LogP contribution in [0.2, 0.25) is 0 Å². The van der Waals surface area contributed by atoms with E-state index in [1.54, 1.807) is 0 Å². The first-order chi connectivity index (χ1) is 13.0. The van der Waals surface area contributed by atoms with Crippen LogP contribution in [0.25, 0.3) is 4.72 Å². The van der Waals surface area contributed by atoms with Gasteiger partial charge in [-0.1, -0.05) is 12.5 Å². The van der Waals surface area contributed by atoms with Gasteiger partial charge in [-0.05, 0) is 79.3 Å². The molecule has 146 valence electrons. The third-order valence-electron chi connectivity index (χ3n) is 6.80. The Morgan fingerprint density at radius 2 is 1.61 bits per heavy atom. The number of nitrogens with one attached hydrogen (secondary N) is 1.